The van der Waals surface area contributed by atoms with E-state index in [0.717, 1.165) is 47.2 Å². The van der Waals surface area contributed by atoms with E-state index in [1.807, 2.05) is 0 Å². The average Bonchev–Trinajstić information content (AvgIpc) is 3.82. The van der Waals surface area contributed by atoms with Gasteiger partial charge in [0.15, 0.2) is 5.43 Å². The van der Waals surface area contributed by atoms with Gasteiger partial charge in [-0.3, -0.25) is 4.79 Å². The third kappa shape index (κ3) is 5.60. The van der Waals surface area contributed by atoms with E-state index in [1.54, 1.807) is 0 Å². The van der Waals surface area contributed by atoms with Gasteiger partial charge in [-0.15, -0.1) is 0 Å². The molecule has 1 heteroatoms. The summed E-state index contributed by atoms with van der Waals surface area (Å²) in [5.74, 6) is 0. The molecule has 1 nitrogen and oxygen atoms in total. The van der Waals surface area contributed by atoms with Gasteiger partial charge < -0.3 is 0 Å². The summed E-state index contributed by atoms with van der Waals surface area (Å²) in [4.78, 5) is 15.4. The summed E-state index contributed by atoms with van der Waals surface area (Å²) >= 11 is 0. The van der Waals surface area contributed by atoms with Crippen LogP contribution in [0.25, 0.3) is 76.8 Å². The highest BCUT2D eigenvalue weighted by Crippen LogP contribution is 2.56. The van der Waals surface area contributed by atoms with Crippen LogP contribution < -0.4 is 5.43 Å². The Bertz CT molecular complexity index is 2790. The van der Waals surface area contributed by atoms with Crippen molar-refractivity contribution in [1.82, 2.24) is 0 Å². The molecule has 0 fully saturated rings. The fraction of sp³-hybridized carbons (Fsp3) is 0.316. The molecule has 58 heavy (non-hydrogen) atoms. The third-order valence-electron chi connectivity index (χ3n) is 13.6. The molecule has 0 aliphatic heterocycles. The Kier molecular flexibility index (Phi) is 7.90. The minimum Gasteiger partial charge on any atom is -0.289 e. The van der Waals surface area contributed by atoms with E-state index in [9.17, 15) is 0 Å². The van der Waals surface area contributed by atoms with E-state index in [2.05, 4.69) is 178 Å². The predicted octanol–water partition coefficient (Wildman–Crippen LogP) is 15.3. The van der Waals surface area contributed by atoms with Gasteiger partial charge in [0.1, 0.15) is 0 Å². The average molecular weight is 757 g/mol. The second kappa shape index (κ2) is 12.4. The van der Waals surface area contributed by atoms with Crippen molar-refractivity contribution >= 4 is 32.3 Å². The Morgan fingerprint density at radius 1 is 0.414 bits per heavy atom. The second-order valence-electron chi connectivity index (χ2n) is 21.5. The quantitative estimate of drug-likeness (QED) is 0.154. The monoisotopic (exact) mass is 756 g/mol. The molecule has 290 valence electrons. The van der Waals surface area contributed by atoms with Gasteiger partial charge in [0, 0.05) is 21.5 Å². The maximum Gasteiger partial charge on any atom is 0.194 e. The van der Waals surface area contributed by atoms with E-state index in [4.69, 9.17) is 0 Å². The largest absolute Gasteiger partial charge is 0.289 e. The summed E-state index contributed by atoms with van der Waals surface area (Å²) in [5.41, 5.74) is 18.5. The zero-order valence-electron chi connectivity index (χ0n) is 36.1. The predicted molar refractivity (Wildman–Crippen MR) is 249 cm³/mol. The molecule has 0 aromatic heterocycles. The number of hydrogen-bond donors (Lipinski definition) is 0. The first-order valence-corrected chi connectivity index (χ1v) is 21.5. The van der Waals surface area contributed by atoms with Crippen molar-refractivity contribution in [2.24, 2.45) is 10.8 Å². The zero-order valence-corrected chi connectivity index (χ0v) is 36.1. The first kappa shape index (κ1) is 37.0. The molecule has 8 aromatic rings. The van der Waals surface area contributed by atoms with Crippen molar-refractivity contribution in [2.45, 2.75) is 106 Å². The summed E-state index contributed by atoms with van der Waals surface area (Å²) in [5, 5.41) is 6.55. The zero-order chi connectivity index (χ0) is 40.7. The van der Waals surface area contributed by atoms with Gasteiger partial charge in [0.25, 0.3) is 0 Å². The van der Waals surface area contributed by atoms with E-state index < -0.39 is 0 Å². The summed E-state index contributed by atoms with van der Waals surface area (Å²) in [6, 6.07) is 41.3. The standard InChI is InChI=1S/C57H56O/c1-54(2,3)31-56(7,8)37-23-19-33(20-24-37)45-41-27-28-42-46(34-21-25-38(26-22-34)57(9,10)32-55(4,5)6)48-40-18-14-12-16-36(40)30-44(48)52-50(42)49(41)51(53(52)58)43-29-35-15-11-13-17-39(35)47(43)45/h11-28H,29-32H2,1-10H3. The van der Waals surface area contributed by atoms with Crippen LogP contribution in [0.15, 0.2) is 114 Å². The molecule has 0 saturated carbocycles. The molecular formula is C57H56O. The van der Waals surface area contributed by atoms with Crippen molar-refractivity contribution in [1.29, 1.82) is 0 Å². The molecule has 0 amide bonds. The molecular weight excluding hydrogens is 701 g/mol. The molecule has 0 saturated heterocycles. The number of fused-ring (bicyclic) bond motifs is 8. The van der Waals surface area contributed by atoms with Gasteiger partial charge in [-0.2, -0.15) is 0 Å². The normalized spacial score (nSPS) is 14.1. The van der Waals surface area contributed by atoms with Crippen LogP contribution in [0.2, 0.25) is 0 Å². The van der Waals surface area contributed by atoms with E-state index in [-0.39, 0.29) is 27.1 Å². The Morgan fingerprint density at radius 2 is 0.776 bits per heavy atom. The molecule has 0 spiro atoms. The third-order valence-corrected chi connectivity index (χ3v) is 13.6. The summed E-state index contributed by atoms with van der Waals surface area (Å²) < 4.78 is 0. The van der Waals surface area contributed by atoms with Crippen molar-refractivity contribution in [2.75, 3.05) is 0 Å². The van der Waals surface area contributed by atoms with E-state index >= 15 is 4.79 Å². The highest BCUT2D eigenvalue weighted by molar-refractivity contribution is 6.34. The van der Waals surface area contributed by atoms with Crippen LogP contribution >= 0.6 is 0 Å². The maximum absolute atomic E-state index is 15.4. The second-order valence-corrected chi connectivity index (χ2v) is 21.5. The van der Waals surface area contributed by atoms with Crippen LogP contribution in [0.4, 0.5) is 0 Å². The summed E-state index contributed by atoms with van der Waals surface area (Å²) in [6.07, 6.45) is 3.75. The minimum atomic E-state index is 0.0482. The first-order valence-electron chi connectivity index (χ1n) is 21.5. The van der Waals surface area contributed by atoms with Gasteiger partial charge >= 0.3 is 0 Å². The fourth-order valence-electron chi connectivity index (χ4n) is 12.1. The Hall–Kier alpha value is -5.27. The highest BCUT2D eigenvalue weighted by atomic mass is 16.1. The topological polar surface area (TPSA) is 17.1 Å². The fourth-order valence-corrected chi connectivity index (χ4v) is 12.1. The minimum absolute atomic E-state index is 0.0482. The van der Waals surface area contributed by atoms with Gasteiger partial charge in [-0.1, -0.05) is 178 Å². The van der Waals surface area contributed by atoms with Crippen molar-refractivity contribution < 1.29 is 0 Å². The molecule has 0 unspecified atom stereocenters. The Morgan fingerprint density at radius 3 is 1.14 bits per heavy atom. The Labute approximate surface area is 344 Å². The van der Waals surface area contributed by atoms with Gasteiger partial charge in [0.2, 0.25) is 0 Å². The summed E-state index contributed by atoms with van der Waals surface area (Å²) in [7, 11) is 0. The maximum atomic E-state index is 15.4. The molecule has 0 atom stereocenters. The lowest BCUT2D eigenvalue weighted by molar-refractivity contribution is 0.283. The lowest BCUT2D eigenvalue weighted by Gasteiger charge is -2.33. The number of rotatable bonds is 6. The van der Waals surface area contributed by atoms with Crippen molar-refractivity contribution in [3.8, 4) is 44.5 Å². The van der Waals surface area contributed by atoms with Crippen molar-refractivity contribution in [3.63, 3.8) is 0 Å². The molecule has 10 rings (SSSR count). The number of hydrogen-bond acceptors (Lipinski definition) is 1. The van der Waals surface area contributed by atoms with Crippen LogP contribution in [0, 0.1) is 10.8 Å². The molecule has 0 N–H and O–H groups in total. The molecule has 0 heterocycles. The van der Waals surface area contributed by atoms with Crippen LogP contribution in [-0.4, -0.2) is 0 Å². The first-order chi connectivity index (χ1) is 27.4. The van der Waals surface area contributed by atoms with Crippen molar-refractivity contribution in [3.05, 3.63) is 153 Å². The van der Waals surface area contributed by atoms with Crippen LogP contribution in [0.1, 0.15) is 115 Å². The van der Waals surface area contributed by atoms with Crippen LogP contribution in [0.3, 0.4) is 0 Å². The molecule has 8 aromatic carbocycles. The van der Waals surface area contributed by atoms with E-state index in [1.165, 1.54) is 88.7 Å². The summed E-state index contributed by atoms with van der Waals surface area (Å²) in [6.45, 7) is 23.5. The van der Waals surface area contributed by atoms with Gasteiger partial charge in [0.05, 0.1) is 0 Å². The lowest BCUT2D eigenvalue weighted by atomic mass is 9.72. The van der Waals surface area contributed by atoms with Crippen LogP contribution in [0.5, 0.6) is 0 Å². The molecule has 0 radical (unpaired) electrons. The van der Waals surface area contributed by atoms with Crippen LogP contribution in [-0.2, 0) is 23.7 Å². The molecule has 2 aliphatic rings. The molecule has 0 bridgehead atoms. The van der Waals surface area contributed by atoms with Gasteiger partial charge in [-0.25, -0.2) is 0 Å². The SMILES string of the molecule is CC(C)(C)CC(C)(C)c1ccc(-c2c3c(c4c(=O)c5c6c(c(-c7ccc(C(C)(C)CC(C)(C)C)cc7)c7ccc2c4c75)-c2ccccc2C6)Cc2ccccc2-3)cc1. The van der Waals surface area contributed by atoms with E-state index in [0.29, 0.717) is 0 Å². The Balaban J connectivity index is 1.27. The lowest BCUT2D eigenvalue weighted by Crippen LogP contribution is -2.24. The number of benzene rings is 7. The highest BCUT2D eigenvalue weighted by Gasteiger charge is 2.36. The molecule has 2 aliphatic carbocycles. The van der Waals surface area contributed by atoms with Gasteiger partial charge in [-0.05, 0) is 136 Å². The smallest absolute Gasteiger partial charge is 0.194 e.